The lowest BCUT2D eigenvalue weighted by atomic mass is 10.1. The largest absolute Gasteiger partial charge is 0.397 e. The van der Waals surface area contributed by atoms with Crippen molar-refractivity contribution in [3.05, 3.63) is 28.6 Å². The van der Waals surface area contributed by atoms with E-state index < -0.39 is 0 Å². The number of thiophene rings is 1. The van der Waals surface area contributed by atoms with Crippen LogP contribution in [0.25, 0.3) is 10.1 Å². The number of nitrogens with one attached hydrogen (secondary N) is 1. The normalized spacial score (nSPS) is 11.2. The first kappa shape index (κ1) is 13.9. The maximum Gasteiger partial charge on any atom is 0.263 e. The van der Waals surface area contributed by atoms with Gasteiger partial charge in [0.25, 0.3) is 5.91 Å². The number of anilines is 1. The van der Waals surface area contributed by atoms with E-state index in [2.05, 4.69) is 19.2 Å². The van der Waals surface area contributed by atoms with Gasteiger partial charge in [-0.15, -0.1) is 11.3 Å². The van der Waals surface area contributed by atoms with Crippen molar-refractivity contribution in [2.45, 2.75) is 27.2 Å². The van der Waals surface area contributed by atoms with Crippen LogP contribution in [0.2, 0.25) is 0 Å². The number of rotatable bonds is 4. The summed E-state index contributed by atoms with van der Waals surface area (Å²) in [5.74, 6) is 0.529. The van der Waals surface area contributed by atoms with Crippen molar-refractivity contribution >= 4 is 33.0 Å². The molecule has 2 aromatic rings. The Morgan fingerprint density at radius 3 is 2.79 bits per heavy atom. The Hall–Kier alpha value is -1.55. The van der Waals surface area contributed by atoms with Gasteiger partial charge in [-0.1, -0.05) is 32.0 Å². The summed E-state index contributed by atoms with van der Waals surface area (Å²) in [6.07, 6.45) is 0.982. The molecule has 0 aliphatic rings. The summed E-state index contributed by atoms with van der Waals surface area (Å²) in [6.45, 7) is 7.02. The zero-order chi connectivity index (χ0) is 14.0. The molecule has 0 atom stereocenters. The number of amides is 1. The zero-order valence-electron chi connectivity index (χ0n) is 11.6. The van der Waals surface area contributed by atoms with Crippen LogP contribution < -0.4 is 11.1 Å². The Bertz CT molecular complexity index is 601. The average Bonchev–Trinajstić information content (AvgIpc) is 2.68. The molecule has 1 aromatic carbocycles. The van der Waals surface area contributed by atoms with E-state index in [0.717, 1.165) is 22.1 Å². The van der Waals surface area contributed by atoms with E-state index in [4.69, 9.17) is 5.73 Å². The van der Waals surface area contributed by atoms with Gasteiger partial charge in [-0.2, -0.15) is 0 Å². The maximum atomic E-state index is 12.1. The molecule has 19 heavy (non-hydrogen) atoms. The molecule has 0 unspecified atom stereocenters. The first-order valence-electron chi connectivity index (χ1n) is 6.56. The third-order valence-corrected chi connectivity index (χ3v) is 4.52. The van der Waals surface area contributed by atoms with E-state index in [1.54, 1.807) is 0 Å². The molecule has 0 saturated heterocycles. The predicted molar refractivity (Wildman–Crippen MR) is 82.8 cm³/mol. The van der Waals surface area contributed by atoms with Crippen molar-refractivity contribution in [2.24, 2.45) is 5.92 Å². The molecule has 0 aliphatic heterocycles. The molecule has 0 radical (unpaired) electrons. The average molecular weight is 276 g/mol. The van der Waals surface area contributed by atoms with Gasteiger partial charge in [0.05, 0.1) is 5.69 Å². The number of hydrogen-bond donors (Lipinski definition) is 2. The van der Waals surface area contributed by atoms with Crippen molar-refractivity contribution in [2.75, 3.05) is 12.3 Å². The van der Waals surface area contributed by atoms with Crippen molar-refractivity contribution < 1.29 is 4.79 Å². The van der Waals surface area contributed by atoms with Crippen LogP contribution >= 0.6 is 11.3 Å². The Labute approximate surface area is 117 Å². The molecule has 0 aliphatic carbocycles. The minimum absolute atomic E-state index is 0.0567. The molecule has 3 N–H and O–H groups in total. The predicted octanol–water partition coefficient (Wildman–Crippen LogP) is 3.57. The van der Waals surface area contributed by atoms with Gasteiger partial charge in [0.1, 0.15) is 4.88 Å². The molecule has 1 aromatic heterocycles. The lowest BCUT2D eigenvalue weighted by molar-refractivity contribution is 0.0957. The highest BCUT2D eigenvalue weighted by Gasteiger charge is 2.16. The third kappa shape index (κ3) is 2.89. The highest BCUT2D eigenvalue weighted by atomic mass is 32.1. The van der Waals surface area contributed by atoms with E-state index in [1.165, 1.54) is 11.3 Å². The van der Waals surface area contributed by atoms with Crippen molar-refractivity contribution in [1.29, 1.82) is 0 Å². The molecular formula is C15H20N2OS. The summed E-state index contributed by atoms with van der Waals surface area (Å²) >= 11 is 1.48. The Morgan fingerprint density at radius 2 is 2.16 bits per heavy atom. The van der Waals surface area contributed by atoms with Crippen LogP contribution in [0.5, 0.6) is 0 Å². The molecule has 1 amide bonds. The molecule has 3 nitrogen and oxygen atoms in total. The Balaban J connectivity index is 2.23. The first-order chi connectivity index (χ1) is 9.00. The van der Waals surface area contributed by atoms with Crippen LogP contribution in [0.3, 0.4) is 0 Å². The number of carbonyl (C=O) groups excluding carboxylic acids is 1. The molecule has 0 bridgehead atoms. The number of fused-ring (bicyclic) bond motifs is 1. The molecular weight excluding hydrogens is 256 g/mol. The Morgan fingerprint density at radius 1 is 1.42 bits per heavy atom. The highest BCUT2D eigenvalue weighted by Crippen LogP contribution is 2.35. The fraction of sp³-hybridized carbons (Fsp3) is 0.400. The quantitative estimate of drug-likeness (QED) is 0.897. The SMILES string of the molecule is Cc1cccc2c(N)c(C(=O)NCCC(C)C)sc12. The number of aryl methyl sites for hydroxylation is 1. The summed E-state index contributed by atoms with van der Waals surface area (Å²) < 4.78 is 1.11. The fourth-order valence-electron chi connectivity index (χ4n) is 2.00. The first-order valence-corrected chi connectivity index (χ1v) is 7.38. The smallest absolute Gasteiger partial charge is 0.263 e. The van der Waals surface area contributed by atoms with Crippen molar-refractivity contribution in [3.63, 3.8) is 0 Å². The topological polar surface area (TPSA) is 55.1 Å². The van der Waals surface area contributed by atoms with Gasteiger partial charge in [-0.05, 0) is 24.8 Å². The fourth-order valence-corrected chi connectivity index (χ4v) is 3.11. The number of nitrogens with two attached hydrogens (primary N) is 1. The number of carbonyl (C=O) groups is 1. The Kier molecular flexibility index (Phi) is 4.10. The van der Waals surface area contributed by atoms with Crippen LogP contribution in [0.4, 0.5) is 5.69 Å². The van der Waals surface area contributed by atoms with Crippen LogP contribution in [0.1, 0.15) is 35.5 Å². The highest BCUT2D eigenvalue weighted by molar-refractivity contribution is 7.21. The molecule has 1 heterocycles. The molecule has 0 fully saturated rings. The summed E-state index contributed by atoms with van der Waals surface area (Å²) in [7, 11) is 0. The van der Waals surface area contributed by atoms with Crippen LogP contribution in [-0.2, 0) is 0 Å². The monoisotopic (exact) mass is 276 g/mol. The lowest BCUT2D eigenvalue weighted by Crippen LogP contribution is -2.25. The van der Waals surface area contributed by atoms with Crippen LogP contribution in [0, 0.1) is 12.8 Å². The summed E-state index contributed by atoms with van der Waals surface area (Å²) in [5.41, 5.74) is 7.85. The molecule has 4 heteroatoms. The molecule has 102 valence electrons. The van der Waals surface area contributed by atoms with Crippen LogP contribution in [0.15, 0.2) is 18.2 Å². The zero-order valence-corrected chi connectivity index (χ0v) is 12.4. The van der Waals surface area contributed by atoms with E-state index >= 15 is 0 Å². The van der Waals surface area contributed by atoms with Gasteiger partial charge >= 0.3 is 0 Å². The number of benzene rings is 1. The third-order valence-electron chi connectivity index (χ3n) is 3.16. The molecule has 0 spiro atoms. The van der Waals surface area contributed by atoms with E-state index in [-0.39, 0.29) is 5.91 Å². The standard InChI is InChI=1S/C15H20N2OS/c1-9(2)7-8-17-15(18)14-12(16)11-6-4-5-10(3)13(11)19-14/h4-6,9H,7-8,16H2,1-3H3,(H,17,18). The van der Waals surface area contributed by atoms with Gasteiger partial charge in [-0.25, -0.2) is 0 Å². The van der Waals surface area contributed by atoms with Crippen molar-refractivity contribution in [3.8, 4) is 0 Å². The second-order valence-electron chi connectivity index (χ2n) is 5.23. The summed E-state index contributed by atoms with van der Waals surface area (Å²) in [4.78, 5) is 12.8. The maximum absolute atomic E-state index is 12.1. The molecule has 0 saturated carbocycles. The van der Waals surface area contributed by atoms with E-state index in [1.807, 2.05) is 25.1 Å². The second kappa shape index (κ2) is 5.61. The van der Waals surface area contributed by atoms with Gasteiger partial charge in [-0.3, -0.25) is 4.79 Å². The van der Waals surface area contributed by atoms with Gasteiger partial charge in [0.15, 0.2) is 0 Å². The second-order valence-corrected chi connectivity index (χ2v) is 6.26. The van der Waals surface area contributed by atoms with E-state index in [9.17, 15) is 4.79 Å². The summed E-state index contributed by atoms with van der Waals surface area (Å²) in [6, 6.07) is 5.99. The van der Waals surface area contributed by atoms with Crippen LogP contribution in [-0.4, -0.2) is 12.5 Å². The van der Waals surface area contributed by atoms with Gasteiger partial charge in [0.2, 0.25) is 0 Å². The van der Waals surface area contributed by atoms with Gasteiger partial charge < -0.3 is 11.1 Å². The van der Waals surface area contributed by atoms with Gasteiger partial charge in [0, 0.05) is 16.6 Å². The minimum Gasteiger partial charge on any atom is -0.397 e. The lowest BCUT2D eigenvalue weighted by Gasteiger charge is -2.06. The molecule has 2 rings (SSSR count). The van der Waals surface area contributed by atoms with E-state index in [0.29, 0.717) is 23.0 Å². The number of nitrogen functional groups attached to an aromatic ring is 1. The summed E-state index contributed by atoms with van der Waals surface area (Å²) in [5, 5.41) is 3.93. The minimum atomic E-state index is -0.0567. The van der Waals surface area contributed by atoms with Crippen molar-refractivity contribution in [1.82, 2.24) is 5.32 Å². The number of hydrogen-bond acceptors (Lipinski definition) is 3.